The third kappa shape index (κ3) is 4.69. The van der Waals surface area contributed by atoms with Gasteiger partial charge in [-0.2, -0.15) is 0 Å². The fourth-order valence-corrected chi connectivity index (χ4v) is 5.75. The predicted octanol–water partition coefficient (Wildman–Crippen LogP) is 5.88. The molecule has 33 heavy (non-hydrogen) atoms. The molecule has 0 saturated carbocycles. The summed E-state index contributed by atoms with van der Waals surface area (Å²) < 4.78 is 2.02. The van der Waals surface area contributed by atoms with Crippen molar-refractivity contribution < 1.29 is 4.79 Å². The van der Waals surface area contributed by atoms with E-state index in [1.165, 1.54) is 16.9 Å². The molecule has 0 unspecified atom stereocenters. The highest BCUT2D eigenvalue weighted by molar-refractivity contribution is 7.98. The molecule has 0 N–H and O–H groups in total. The van der Waals surface area contributed by atoms with Gasteiger partial charge in [0.05, 0.1) is 10.8 Å². The summed E-state index contributed by atoms with van der Waals surface area (Å²) in [5, 5.41) is 13.1. The normalized spacial score (nSPS) is 13.6. The zero-order valence-corrected chi connectivity index (χ0v) is 20.5. The molecule has 0 aliphatic carbocycles. The third-order valence-electron chi connectivity index (χ3n) is 5.53. The summed E-state index contributed by atoms with van der Waals surface area (Å²) >= 11 is 9.53. The highest BCUT2D eigenvalue weighted by Gasteiger charge is 2.22. The summed E-state index contributed by atoms with van der Waals surface area (Å²) in [6.45, 7) is 3.71. The van der Waals surface area contributed by atoms with Gasteiger partial charge in [0.1, 0.15) is 10.7 Å². The molecule has 1 aliphatic heterocycles. The number of aromatic nitrogens is 4. The van der Waals surface area contributed by atoms with Crippen LogP contribution in [0, 0.1) is 6.92 Å². The molecule has 1 fully saturated rings. The molecule has 3 heterocycles. The summed E-state index contributed by atoms with van der Waals surface area (Å²) in [7, 11) is 0. The van der Waals surface area contributed by atoms with Crippen molar-refractivity contribution >= 4 is 40.6 Å². The zero-order chi connectivity index (χ0) is 22.8. The van der Waals surface area contributed by atoms with E-state index in [1.54, 1.807) is 11.8 Å². The van der Waals surface area contributed by atoms with E-state index in [1.807, 2.05) is 39.1 Å². The molecule has 2 aromatic heterocycles. The van der Waals surface area contributed by atoms with E-state index >= 15 is 0 Å². The minimum atomic E-state index is 0.0313. The van der Waals surface area contributed by atoms with Crippen molar-refractivity contribution in [1.82, 2.24) is 24.6 Å². The maximum absolute atomic E-state index is 12.6. The maximum atomic E-state index is 12.6. The second-order valence-corrected chi connectivity index (χ2v) is 10.2. The molecule has 4 aromatic rings. The lowest BCUT2D eigenvalue weighted by molar-refractivity contribution is 0.0787. The van der Waals surface area contributed by atoms with Crippen LogP contribution in [0.4, 0.5) is 0 Å². The van der Waals surface area contributed by atoms with Crippen LogP contribution >= 0.6 is 34.7 Å². The first-order chi connectivity index (χ1) is 16.1. The number of thioether (sulfide) groups is 1. The van der Waals surface area contributed by atoms with Gasteiger partial charge < -0.3 is 4.90 Å². The number of carbonyl (C=O) groups excluding carboxylic acids is 1. The van der Waals surface area contributed by atoms with Crippen LogP contribution in [0.1, 0.15) is 33.9 Å². The highest BCUT2D eigenvalue weighted by atomic mass is 35.5. The summed E-state index contributed by atoms with van der Waals surface area (Å²) in [6.07, 6.45) is 2.14. The molecule has 2 aromatic carbocycles. The third-order valence-corrected chi connectivity index (χ3v) is 7.83. The van der Waals surface area contributed by atoms with E-state index < -0.39 is 0 Å². The minimum absolute atomic E-state index is 0.0313. The number of hydrogen-bond acceptors (Lipinski definition) is 6. The summed E-state index contributed by atoms with van der Waals surface area (Å²) in [5.41, 5.74) is 3.51. The molecule has 0 atom stereocenters. The topological polar surface area (TPSA) is 63.9 Å². The lowest BCUT2D eigenvalue weighted by Crippen LogP contribution is -2.27. The van der Waals surface area contributed by atoms with Crippen LogP contribution in [-0.2, 0) is 5.75 Å². The average molecular weight is 496 g/mol. The molecule has 1 aliphatic rings. The van der Waals surface area contributed by atoms with E-state index in [2.05, 4.69) is 46.4 Å². The van der Waals surface area contributed by atoms with E-state index in [4.69, 9.17) is 11.6 Å². The standard InChI is InChI=1S/C24H22ClN5OS2/c1-16-8-10-17(11-9-16)30-22(18-6-2-3-7-19(18)25)27-28-24(30)33-15-21-26-20(14-32-21)23(31)29-12-4-5-13-29/h2-3,6-11,14H,4-5,12-13,15H2,1H3. The fourth-order valence-electron chi connectivity index (χ4n) is 3.79. The van der Waals surface area contributed by atoms with Gasteiger partial charge in [0.25, 0.3) is 5.91 Å². The van der Waals surface area contributed by atoms with Crippen molar-refractivity contribution in [3.63, 3.8) is 0 Å². The SMILES string of the molecule is Cc1ccc(-n2c(SCc3nc(C(=O)N4CCCC4)cs3)nnc2-c2ccccc2Cl)cc1. The molecule has 0 bridgehead atoms. The number of aryl methyl sites for hydroxylation is 1. The number of rotatable bonds is 6. The van der Waals surface area contributed by atoms with E-state index in [-0.39, 0.29) is 5.91 Å². The smallest absolute Gasteiger partial charge is 0.273 e. The Hall–Kier alpha value is -2.68. The van der Waals surface area contributed by atoms with Crippen molar-refractivity contribution in [1.29, 1.82) is 0 Å². The van der Waals surface area contributed by atoms with Crippen molar-refractivity contribution in [2.75, 3.05) is 13.1 Å². The molecule has 6 nitrogen and oxygen atoms in total. The van der Waals surface area contributed by atoms with E-state index in [0.29, 0.717) is 22.3 Å². The van der Waals surface area contributed by atoms with Gasteiger partial charge in [-0.15, -0.1) is 21.5 Å². The molecular formula is C24H22ClN5OS2. The monoisotopic (exact) mass is 495 g/mol. The van der Waals surface area contributed by atoms with Gasteiger partial charge in [0, 0.05) is 29.7 Å². The second-order valence-electron chi connectivity index (χ2n) is 7.87. The Kier molecular flexibility index (Phi) is 6.48. The van der Waals surface area contributed by atoms with Crippen molar-refractivity contribution in [2.24, 2.45) is 0 Å². The molecule has 1 saturated heterocycles. The van der Waals surface area contributed by atoms with Gasteiger partial charge in [-0.1, -0.05) is 53.2 Å². The first-order valence-corrected chi connectivity index (χ1v) is 13.0. The summed E-state index contributed by atoms with van der Waals surface area (Å²) in [6, 6.07) is 15.9. The van der Waals surface area contributed by atoms with Crippen molar-refractivity contribution in [3.05, 3.63) is 75.2 Å². The van der Waals surface area contributed by atoms with E-state index in [0.717, 1.165) is 47.3 Å². The van der Waals surface area contributed by atoms with Gasteiger partial charge in [-0.25, -0.2) is 4.98 Å². The number of nitrogens with zero attached hydrogens (tertiary/aromatic N) is 5. The molecule has 0 radical (unpaired) electrons. The number of benzene rings is 2. The first kappa shape index (κ1) is 22.1. The van der Waals surface area contributed by atoms with Gasteiger partial charge in [0.15, 0.2) is 11.0 Å². The molecule has 168 valence electrons. The second kappa shape index (κ2) is 9.67. The molecule has 9 heteroatoms. The van der Waals surface area contributed by atoms with Gasteiger partial charge in [-0.3, -0.25) is 9.36 Å². The Morgan fingerprint density at radius 1 is 1.09 bits per heavy atom. The Morgan fingerprint density at radius 2 is 1.85 bits per heavy atom. The Morgan fingerprint density at radius 3 is 2.61 bits per heavy atom. The number of thiazole rings is 1. The molecule has 5 rings (SSSR count). The number of amides is 1. The lowest BCUT2D eigenvalue weighted by Gasteiger charge is -2.12. The molecule has 1 amide bonds. The molecule has 0 spiro atoms. The Bertz CT molecular complexity index is 1280. The van der Waals surface area contributed by atoms with Crippen LogP contribution in [0.5, 0.6) is 0 Å². The zero-order valence-electron chi connectivity index (χ0n) is 18.1. The van der Waals surface area contributed by atoms with Crippen LogP contribution in [-0.4, -0.2) is 43.6 Å². The minimum Gasteiger partial charge on any atom is -0.337 e. The first-order valence-electron chi connectivity index (χ1n) is 10.7. The van der Waals surface area contributed by atoms with Crippen LogP contribution < -0.4 is 0 Å². The number of halogens is 1. The fraction of sp³-hybridized carbons (Fsp3) is 0.250. The van der Waals surface area contributed by atoms with Crippen molar-refractivity contribution in [2.45, 2.75) is 30.7 Å². The van der Waals surface area contributed by atoms with E-state index in [9.17, 15) is 4.79 Å². The quantitative estimate of drug-likeness (QED) is 0.312. The van der Waals surface area contributed by atoms with Crippen LogP contribution in [0.2, 0.25) is 5.02 Å². The summed E-state index contributed by atoms with van der Waals surface area (Å²) in [4.78, 5) is 19.1. The van der Waals surface area contributed by atoms with Crippen LogP contribution in [0.3, 0.4) is 0 Å². The highest BCUT2D eigenvalue weighted by Crippen LogP contribution is 2.33. The van der Waals surface area contributed by atoms with Crippen molar-refractivity contribution in [3.8, 4) is 17.1 Å². The maximum Gasteiger partial charge on any atom is 0.273 e. The Labute approximate surface area is 205 Å². The van der Waals surface area contributed by atoms with Gasteiger partial charge in [0.2, 0.25) is 0 Å². The lowest BCUT2D eigenvalue weighted by atomic mass is 10.2. The predicted molar refractivity (Wildman–Crippen MR) is 133 cm³/mol. The Balaban J connectivity index is 1.42. The number of likely N-dealkylation sites (tertiary alicyclic amines) is 1. The molecular weight excluding hydrogens is 474 g/mol. The number of hydrogen-bond donors (Lipinski definition) is 0. The largest absolute Gasteiger partial charge is 0.337 e. The van der Waals surface area contributed by atoms with Gasteiger partial charge >= 0.3 is 0 Å². The number of carbonyl (C=O) groups is 1. The average Bonchev–Trinajstić information content (AvgIpc) is 3.59. The van der Waals surface area contributed by atoms with Crippen LogP contribution in [0.15, 0.2) is 59.1 Å². The summed E-state index contributed by atoms with van der Waals surface area (Å²) in [5.74, 6) is 1.32. The van der Waals surface area contributed by atoms with Crippen LogP contribution in [0.25, 0.3) is 17.1 Å². The van der Waals surface area contributed by atoms with Gasteiger partial charge in [-0.05, 0) is 44.0 Å².